The van der Waals surface area contributed by atoms with Gasteiger partial charge in [-0.1, -0.05) is 31.2 Å². The summed E-state index contributed by atoms with van der Waals surface area (Å²) < 4.78 is 25.7. The first-order valence-electron chi connectivity index (χ1n) is 13.8. The number of aliphatic hydroxyl groups excluding tert-OH is 1. The predicted molar refractivity (Wildman–Crippen MR) is 148 cm³/mol. The van der Waals surface area contributed by atoms with Crippen LogP contribution in [0, 0.1) is 11.7 Å². The summed E-state index contributed by atoms with van der Waals surface area (Å²) >= 11 is 0. The molecule has 0 aromatic heterocycles. The van der Waals surface area contributed by atoms with Crippen LogP contribution in [0.1, 0.15) is 49.3 Å². The van der Waals surface area contributed by atoms with E-state index in [1.807, 2.05) is 12.1 Å². The van der Waals surface area contributed by atoms with Crippen molar-refractivity contribution in [2.75, 3.05) is 33.4 Å². The third-order valence-electron chi connectivity index (χ3n) is 6.85. The second-order valence-electron chi connectivity index (χ2n) is 10.2. The quantitative estimate of drug-likeness (QED) is 0.408. The number of halogens is 1. The number of nitrogens with one attached hydrogen (secondary N) is 3. The van der Waals surface area contributed by atoms with Crippen molar-refractivity contribution in [1.82, 2.24) is 16.0 Å². The number of rotatable bonds is 8. The second-order valence-corrected chi connectivity index (χ2v) is 10.2. The van der Waals surface area contributed by atoms with E-state index >= 15 is 0 Å². The maximum Gasteiger partial charge on any atom is 0.220 e. The van der Waals surface area contributed by atoms with Crippen molar-refractivity contribution in [1.29, 1.82) is 0 Å². The Hall–Kier alpha value is -3.01. The maximum absolute atomic E-state index is 14.5. The van der Waals surface area contributed by atoms with Crippen molar-refractivity contribution in [2.45, 2.75) is 64.1 Å². The van der Waals surface area contributed by atoms with Crippen molar-refractivity contribution in [3.05, 3.63) is 65.0 Å². The van der Waals surface area contributed by atoms with Crippen molar-refractivity contribution in [3.8, 4) is 5.75 Å². The monoisotopic (exact) mass is 543 g/mol. The molecule has 0 saturated heterocycles. The highest BCUT2D eigenvalue weighted by Crippen LogP contribution is 2.20. The SMILES string of the molecule is CCc1cccc(CNCC(O)C2Cc3cc(F)cc(c3)OCC(COC)CCNC(=O)CCCC(=O)N2)c1. The van der Waals surface area contributed by atoms with Gasteiger partial charge in [0.2, 0.25) is 11.8 Å². The zero-order valence-electron chi connectivity index (χ0n) is 23.0. The molecular weight excluding hydrogens is 501 g/mol. The molecule has 8 nitrogen and oxygen atoms in total. The zero-order chi connectivity index (χ0) is 28.0. The fourth-order valence-corrected chi connectivity index (χ4v) is 4.68. The van der Waals surface area contributed by atoms with Crippen molar-refractivity contribution in [2.24, 2.45) is 5.92 Å². The molecule has 1 aliphatic rings. The van der Waals surface area contributed by atoms with Crippen LogP contribution < -0.4 is 20.7 Å². The van der Waals surface area contributed by atoms with E-state index in [4.69, 9.17) is 9.47 Å². The summed E-state index contributed by atoms with van der Waals surface area (Å²) in [7, 11) is 1.61. The molecule has 0 saturated carbocycles. The molecular formula is C30H42FN3O5. The molecule has 3 unspecified atom stereocenters. The molecule has 2 amide bonds. The Labute approximate surface area is 230 Å². The number of methoxy groups -OCH3 is 1. The Morgan fingerprint density at radius 1 is 1.15 bits per heavy atom. The highest BCUT2D eigenvalue weighted by molar-refractivity contribution is 5.79. The number of amides is 2. The molecule has 0 spiro atoms. The van der Waals surface area contributed by atoms with Crippen molar-refractivity contribution >= 4 is 11.8 Å². The van der Waals surface area contributed by atoms with E-state index in [2.05, 4.69) is 35.0 Å². The van der Waals surface area contributed by atoms with Crippen LogP contribution >= 0.6 is 0 Å². The summed E-state index contributed by atoms with van der Waals surface area (Å²) in [4.78, 5) is 25.0. The lowest BCUT2D eigenvalue weighted by Crippen LogP contribution is -2.48. The van der Waals surface area contributed by atoms with E-state index < -0.39 is 18.0 Å². The molecule has 0 radical (unpaired) electrons. The molecule has 0 aliphatic carbocycles. The smallest absolute Gasteiger partial charge is 0.220 e. The fraction of sp³-hybridized carbons (Fsp3) is 0.533. The third kappa shape index (κ3) is 10.9. The maximum atomic E-state index is 14.5. The van der Waals surface area contributed by atoms with E-state index in [1.54, 1.807) is 13.2 Å². The molecule has 4 N–H and O–H groups in total. The Bertz CT molecular complexity index is 1070. The molecule has 1 aliphatic heterocycles. The normalized spacial score (nSPS) is 20.3. The Morgan fingerprint density at radius 3 is 2.74 bits per heavy atom. The molecule has 2 aromatic carbocycles. The highest BCUT2D eigenvalue weighted by Gasteiger charge is 2.23. The van der Waals surface area contributed by atoms with Crippen LogP contribution in [0.3, 0.4) is 0 Å². The van der Waals surface area contributed by atoms with Crippen molar-refractivity contribution in [3.63, 3.8) is 0 Å². The van der Waals surface area contributed by atoms with Crippen LogP contribution in [0.2, 0.25) is 0 Å². The van der Waals surface area contributed by atoms with Gasteiger partial charge in [0.25, 0.3) is 0 Å². The average molecular weight is 544 g/mol. The Morgan fingerprint density at radius 2 is 1.95 bits per heavy atom. The minimum Gasteiger partial charge on any atom is -0.493 e. The number of carbonyl (C=O) groups excluding carboxylic acids is 2. The third-order valence-corrected chi connectivity index (χ3v) is 6.85. The van der Waals surface area contributed by atoms with Gasteiger partial charge < -0.3 is 30.5 Å². The minimum atomic E-state index is -0.924. The number of benzene rings is 2. The van der Waals surface area contributed by atoms with Crippen LogP contribution in [0.4, 0.5) is 4.39 Å². The van der Waals surface area contributed by atoms with Crippen molar-refractivity contribution < 1.29 is 28.6 Å². The molecule has 2 aromatic rings. The summed E-state index contributed by atoms with van der Waals surface area (Å²) in [5.41, 5.74) is 2.95. The van der Waals surface area contributed by atoms with Gasteiger partial charge in [0, 0.05) is 51.6 Å². The van der Waals surface area contributed by atoms with E-state index in [0.717, 1.165) is 12.0 Å². The standard InChI is InChI=1S/C30H42FN3O5/c1-3-21-6-4-7-22(12-21)17-32-18-28(35)27-15-24-13-25(31)16-26(14-24)39-20-23(19-38-2)10-11-33-29(36)8-5-9-30(37)34-27/h4,6-7,12-14,16,23,27-28,32,35H,3,5,8-11,15,17-20H2,1-2H3,(H,33,36)(H,34,37). The van der Waals surface area contributed by atoms with E-state index in [1.165, 1.54) is 17.7 Å². The zero-order valence-corrected chi connectivity index (χ0v) is 23.0. The van der Waals surface area contributed by atoms with Gasteiger partial charge in [-0.25, -0.2) is 4.39 Å². The molecule has 9 heteroatoms. The number of aliphatic hydroxyl groups is 1. The Balaban J connectivity index is 1.73. The van der Waals surface area contributed by atoms with Gasteiger partial charge in [0.1, 0.15) is 11.6 Å². The van der Waals surface area contributed by atoms with Gasteiger partial charge in [0.05, 0.1) is 25.4 Å². The molecule has 3 atom stereocenters. The number of aryl methyl sites for hydroxylation is 1. The lowest BCUT2D eigenvalue weighted by atomic mass is 10.00. The van der Waals surface area contributed by atoms with Gasteiger partial charge in [-0.15, -0.1) is 0 Å². The largest absolute Gasteiger partial charge is 0.493 e. The molecule has 39 heavy (non-hydrogen) atoms. The van der Waals surface area contributed by atoms with Crippen LogP contribution in [-0.4, -0.2) is 62.5 Å². The topological polar surface area (TPSA) is 109 Å². The van der Waals surface area contributed by atoms with Crippen LogP contribution in [-0.2, 0) is 33.7 Å². The summed E-state index contributed by atoms with van der Waals surface area (Å²) in [5.74, 6) is -0.456. The van der Waals surface area contributed by atoms with E-state index in [9.17, 15) is 19.1 Å². The van der Waals surface area contributed by atoms with Crippen LogP contribution in [0.25, 0.3) is 0 Å². The predicted octanol–water partition coefficient (Wildman–Crippen LogP) is 2.90. The molecule has 1 heterocycles. The van der Waals surface area contributed by atoms with Gasteiger partial charge in [0.15, 0.2) is 0 Å². The first-order valence-corrected chi connectivity index (χ1v) is 13.8. The number of fused-ring (bicyclic) bond motifs is 2. The second kappa shape index (κ2) is 16.2. The van der Waals surface area contributed by atoms with Gasteiger partial charge >= 0.3 is 0 Å². The number of ether oxygens (including phenoxy) is 2. The minimum absolute atomic E-state index is 0.0135. The van der Waals surface area contributed by atoms with Gasteiger partial charge in [-0.3, -0.25) is 9.59 Å². The first kappa shape index (κ1) is 30.5. The van der Waals surface area contributed by atoms with E-state index in [0.29, 0.717) is 50.5 Å². The van der Waals surface area contributed by atoms with E-state index in [-0.39, 0.29) is 43.5 Å². The lowest BCUT2D eigenvalue weighted by molar-refractivity contribution is -0.123. The Kier molecular flexibility index (Phi) is 12.7. The molecule has 2 bridgehead atoms. The highest BCUT2D eigenvalue weighted by atomic mass is 19.1. The fourth-order valence-electron chi connectivity index (χ4n) is 4.68. The summed E-state index contributed by atoms with van der Waals surface area (Å²) in [6.45, 7) is 4.12. The number of hydrogen-bond donors (Lipinski definition) is 4. The summed E-state index contributed by atoms with van der Waals surface area (Å²) in [6.07, 6.45) is 1.66. The summed E-state index contributed by atoms with van der Waals surface area (Å²) in [5, 5.41) is 20.1. The average Bonchev–Trinajstić information content (AvgIpc) is 2.90. The number of carbonyl (C=O) groups is 2. The molecule has 214 valence electrons. The molecule has 0 fully saturated rings. The van der Waals surface area contributed by atoms with Gasteiger partial charge in [-0.2, -0.15) is 0 Å². The van der Waals surface area contributed by atoms with Gasteiger partial charge in [-0.05, 0) is 54.5 Å². The summed E-state index contributed by atoms with van der Waals surface area (Å²) in [6, 6.07) is 12.0. The van der Waals surface area contributed by atoms with Crippen LogP contribution in [0.15, 0.2) is 42.5 Å². The first-order chi connectivity index (χ1) is 18.9. The molecule has 3 rings (SSSR count). The van der Waals surface area contributed by atoms with Crippen LogP contribution in [0.5, 0.6) is 5.75 Å². The lowest BCUT2D eigenvalue weighted by Gasteiger charge is -2.25. The number of hydrogen-bond acceptors (Lipinski definition) is 6.